The number of aliphatic hydroxyl groups excluding tert-OH is 1. The number of piperazine rings is 1. The molecule has 1 atom stereocenters. The third kappa shape index (κ3) is 4.87. The first-order valence-electron chi connectivity index (χ1n) is 12.4. The molecule has 38 heavy (non-hydrogen) atoms. The number of fused-ring (bicyclic) bond motifs is 1. The van der Waals surface area contributed by atoms with Crippen LogP contribution in [0.15, 0.2) is 78.1 Å². The van der Waals surface area contributed by atoms with E-state index in [-0.39, 0.29) is 24.2 Å². The fourth-order valence-electron chi connectivity index (χ4n) is 4.79. The minimum atomic E-state index is -3.82. The van der Waals surface area contributed by atoms with Crippen LogP contribution in [0.3, 0.4) is 0 Å². The molecule has 10 nitrogen and oxygen atoms in total. The van der Waals surface area contributed by atoms with Gasteiger partial charge in [-0.2, -0.15) is 0 Å². The van der Waals surface area contributed by atoms with Crippen molar-refractivity contribution in [3.05, 3.63) is 84.3 Å². The summed E-state index contributed by atoms with van der Waals surface area (Å²) in [6.07, 6.45) is 4.56. The normalized spacial score (nSPS) is 15.5. The van der Waals surface area contributed by atoms with Crippen molar-refractivity contribution in [1.82, 2.24) is 18.8 Å². The molecule has 1 aliphatic heterocycles. The molecule has 2 aromatic heterocycles. The zero-order valence-electron chi connectivity index (χ0n) is 21.0. The van der Waals surface area contributed by atoms with Crippen LogP contribution in [-0.4, -0.2) is 77.7 Å². The highest BCUT2D eigenvalue weighted by atomic mass is 32.2. The van der Waals surface area contributed by atoms with E-state index in [0.29, 0.717) is 43.2 Å². The molecule has 11 heteroatoms. The Bertz CT molecular complexity index is 1510. The third-order valence-electron chi connectivity index (χ3n) is 6.73. The Hall–Kier alpha value is -3.80. The lowest BCUT2D eigenvalue weighted by atomic mass is 10.0. The summed E-state index contributed by atoms with van der Waals surface area (Å²) in [6, 6.07) is 15.3. The van der Waals surface area contributed by atoms with E-state index in [1.54, 1.807) is 49.5 Å². The number of carbonyl (C=O) groups is 1. The molecule has 0 saturated carbocycles. The smallest absolute Gasteiger partial charge is 0.341 e. The van der Waals surface area contributed by atoms with Crippen molar-refractivity contribution in [3.8, 4) is 0 Å². The first-order chi connectivity index (χ1) is 18.4. The van der Waals surface area contributed by atoms with Crippen molar-refractivity contribution >= 4 is 32.8 Å². The van der Waals surface area contributed by atoms with Crippen molar-refractivity contribution in [3.63, 3.8) is 0 Å². The zero-order valence-corrected chi connectivity index (χ0v) is 21.8. The number of para-hydroxylation sites is 1. The van der Waals surface area contributed by atoms with Gasteiger partial charge in [0.15, 0.2) is 0 Å². The van der Waals surface area contributed by atoms with Gasteiger partial charge in [0, 0.05) is 50.2 Å². The quantitative estimate of drug-likeness (QED) is 0.340. The second-order valence-electron chi connectivity index (χ2n) is 8.93. The summed E-state index contributed by atoms with van der Waals surface area (Å²) in [4.78, 5) is 24.9. The molecule has 0 amide bonds. The molecule has 198 valence electrons. The molecule has 0 aliphatic carbocycles. The van der Waals surface area contributed by atoms with Crippen LogP contribution in [0.5, 0.6) is 0 Å². The lowest BCUT2D eigenvalue weighted by Crippen LogP contribution is -2.49. The minimum absolute atomic E-state index is 0.163. The van der Waals surface area contributed by atoms with Gasteiger partial charge in [0.05, 0.1) is 35.2 Å². The first-order valence-corrected chi connectivity index (χ1v) is 13.9. The molecule has 3 heterocycles. The molecule has 0 radical (unpaired) electrons. The lowest BCUT2D eigenvalue weighted by Gasteiger charge is -2.38. The van der Waals surface area contributed by atoms with E-state index in [1.165, 1.54) is 16.4 Å². The van der Waals surface area contributed by atoms with Crippen LogP contribution in [0, 0.1) is 0 Å². The average Bonchev–Trinajstić information content (AvgIpc) is 3.35. The largest absolute Gasteiger partial charge is 0.462 e. The van der Waals surface area contributed by atoms with Gasteiger partial charge >= 0.3 is 5.97 Å². The van der Waals surface area contributed by atoms with E-state index in [2.05, 4.69) is 14.9 Å². The van der Waals surface area contributed by atoms with Crippen LogP contribution in [0.1, 0.15) is 28.9 Å². The molecule has 1 unspecified atom stereocenters. The van der Waals surface area contributed by atoms with Crippen molar-refractivity contribution in [2.24, 2.45) is 0 Å². The summed E-state index contributed by atoms with van der Waals surface area (Å²) in [5.41, 5.74) is 1.63. The van der Waals surface area contributed by atoms with E-state index in [1.807, 2.05) is 23.1 Å². The van der Waals surface area contributed by atoms with E-state index >= 15 is 0 Å². The van der Waals surface area contributed by atoms with Gasteiger partial charge in [-0.05, 0) is 30.7 Å². The summed E-state index contributed by atoms with van der Waals surface area (Å²) in [5.74, 6) is 0.0619. The van der Waals surface area contributed by atoms with Crippen molar-refractivity contribution < 1.29 is 23.1 Å². The number of rotatable bonds is 8. The van der Waals surface area contributed by atoms with Gasteiger partial charge in [-0.15, -0.1) is 0 Å². The number of ether oxygens (including phenoxy) is 1. The highest BCUT2D eigenvalue weighted by Gasteiger charge is 2.30. The number of benzene rings is 2. The summed E-state index contributed by atoms with van der Waals surface area (Å²) >= 11 is 0. The first kappa shape index (κ1) is 25.8. The predicted octanol–water partition coefficient (Wildman–Crippen LogP) is 2.70. The van der Waals surface area contributed by atoms with Crippen LogP contribution in [-0.2, 0) is 14.8 Å². The molecular weight excluding hydrogens is 506 g/mol. The van der Waals surface area contributed by atoms with Crippen molar-refractivity contribution in [1.29, 1.82) is 0 Å². The summed E-state index contributed by atoms with van der Waals surface area (Å²) < 4.78 is 33.3. The number of carbonyl (C=O) groups excluding carboxylic acids is 1. The Morgan fingerprint density at radius 2 is 1.66 bits per heavy atom. The molecule has 0 spiro atoms. The third-order valence-corrected chi connectivity index (χ3v) is 8.42. The molecule has 4 aromatic rings. The Kier molecular flexibility index (Phi) is 7.41. The van der Waals surface area contributed by atoms with E-state index in [4.69, 9.17) is 4.74 Å². The standard InChI is InChI=1S/C27H29N5O5S/c1-2-37-26(34)20-16-28-27(29-17-20)31-14-12-30(13-15-31)25(19-33)23-18-32(24-11-7-6-10-22(23)24)38(35,36)21-8-4-3-5-9-21/h3-11,16-18,25,33H,2,12-15,19H2,1H3. The van der Waals surface area contributed by atoms with Gasteiger partial charge in [-0.1, -0.05) is 36.4 Å². The number of aromatic nitrogens is 3. The van der Waals surface area contributed by atoms with Gasteiger partial charge in [0.2, 0.25) is 5.95 Å². The van der Waals surface area contributed by atoms with Gasteiger partial charge in [-0.25, -0.2) is 27.2 Å². The Morgan fingerprint density at radius 3 is 2.32 bits per heavy atom. The zero-order chi connectivity index (χ0) is 26.7. The van der Waals surface area contributed by atoms with Crippen molar-refractivity contribution in [2.45, 2.75) is 17.9 Å². The van der Waals surface area contributed by atoms with Crippen LogP contribution >= 0.6 is 0 Å². The van der Waals surface area contributed by atoms with E-state index in [9.17, 15) is 18.3 Å². The fraction of sp³-hybridized carbons (Fsp3) is 0.296. The Morgan fingerprint density at radius 1 is 1.00 bits per heavy atom. The summed E-state index contributed by atoms with van der Waals surface area (Å²) in [6.45, 7) is 4.30. The molecule has 1 aliphatic rings. The van der Waals surface area contributed by atoms with E-state index in [0.717, 1.165) is 10.9 Å². The molecule has 0 bridgehead atoms. The fourth-order valence-corrected chi connectivity index (χ4v) is 6.19. The number of anilines is 1. The number of hydrogen-bond donors (Lipinski definition) is 1. The maximum absolute atomic E-state index is 13.5. The summed E-state index contributed by atoms with van der Waals surface area (Å²) in [7, 11) is -3.82. The predicted molar refractivity (Wildman–Crippen MR) is 143 cm³/mol. The van der Waals surface area contributed by atoms with Gasteiger partial charge in [0.1, 0.15) is 0 Å². The number of nitrogens with zero attached hydrogens (tertiary/aromatic N) is 5. The average molecular weight is 536 g/mol. The number of esters is 1. The molecule has 1 fully saturated rings. The maximum atomic E-state index is 13.5. The topological polar surface area (TPSA) is 118 Å². The summed E-state index contributed by atoms with van der Waals surface area (Å²) in [5, 5.41) is 11.2. The van der Waals surface area contributed by atoms with Gasteiger partial charge < -0.3 is 14.7 Å². The lowest BCUT2D eigenvalue weighted by molar-refractivity contribution is 0.0525. The number of hydrogen-bond acceptors (Lipinski definition) is 9. The molecule has 5 rings (SSSR count). The maximum Gasteiger partial charge on any atom is 0.341 e. The van der Waals surface area contributed by atoms with Crippen LogP contribution in [0.2, 0.25) is 0 Å². The van der Waals surface area contributed by atoms with Crippen LogP contribution < -0.4 is 4.90 Å². The Balaban J connectivity index is 1.38. The highest BCUT2D eigenvalue weighted by molar-refractivity contribution is 7.90. The molecule has 1 N–H and O–H groups in total. The Labute approximate surface area is 221 Å². The highest BCUT2D eigenvalue weighted by Crippen LogP contribution is 2.33. The molecule has 2 aromatic carbocycles. The monoisotopic (exact) mass is 535 g/mol. The molecule has 1 saturated heterocycles. The van der Waals surface area contributed by atoms with Crippen LogP contribution in [0.25, 0.3) is 10.9 Å². The SMILES string of the molecule is CCOC(=O)c1cnc(N2CCN(C(CO)c3cn(S(=O)(=O)c4ccccc4)c4ccccc34)CC2)nc1. The number of aliphatic hydroxyl groups is 1. The van der Waals surface area contributed by atoms with E-state index < -0.39 is 16.0 Å². The second-order valence-corrected chi connectivity index (χ2v) is 10.7. The van der Waals surface area contributed by atoms with Gasteiger partial charge in [0.25, 0.3) is 10.0 Å². The minimum Gasteiger partial charge on any atom is -0.462 e. The second kappa shape index (κ2) is 10.9. The van der Waals surface area contributed by atoms with Crippen LogP contribution in [0.4, 0.5) is 5.95 Å². The van der Waals surface area contributed by atoms with Crippen molar-refractivity contribution in [2.75, 3.05) is 44.3 Å². The molecular formula is C27H29N5O5S. The van der Waals surface area contributed by atoms with Gasteiger partial charge in [-0.3, -0.25) is 4.90 Å².